The van der Waals surface area contributed by atoms with Gasteiger partial charge in [-0.15, -0.1) is 0 Å². The van der Waals surface area contributed by atoms with Crippen molar-refractivity contribution < 1.29 is 9.53 Å². The minimum Gasteiger partial charge on any atom is -0.379 e. The van der Waals surface area contributed by atoms with Gasteiger partial charge < -0.3 is 15.4 Å². The Balaban J connectivity index is 1.82. The molecule has 1 saturated heterocycles. The van der Waals surface area contributed by atoms with Crippen LogP contribution in [-0.4, -0.2) is 37.7 Å². The van der Waals surface area contributed by atoms with E-state index in [-0.39, 0.29) is 17.9 Å². The molecule has 2 rings (SSSR count). The van der Waals surface area contributed by atoms with Gasteiger partial charge in [0.15, 0.2) is 0 Å². The third-order valence-electron chi connectivity index (χ3n) is 3.59. The summed E-state index contributed by atoms with van der Waals surface area (Å²) in [5, 5.41) is 6.46. The third kappa shape index (κ3) is 2.74. The van der Waals surface area contributed by atoms with E-state index < -0.39 is 0 Å². The van der Waals surface area contributed by atoms with Crippen molar-refractivity contribution in [1.82, 2.24) is 10.6 Å². The zero-order valence-corrected chi connectivity index (χ0v) is 10.00. The van der Waals surface area contributed by atoms with Crippen molar-refractivity contribution in [2.45, 2.75) is 44.7 Å². The molecule has 0 spiro atoms. The van der Waals surface area contributed by atoms with E-state index in [1.807, 2.05) is 0 Å². The predicted molar refractivity (Wildman–Crippen MR) is 62.2 cm³/mol. The molecular weight excluding hydrogens is 204 g/mol. The minimum absolute atomic E-state index is 0.000509. The SMILES string of the molecule is CCNC1COCC1C(=O)NC1CCCC1. The number of hydrogen-bond donors (Lipinski definition) is 2. The van der Waals surface area contributed by atoms with Gasteiger partial charge in [0, 0.05) is 12.1 Å². The second-order valence-electron chi connectivity index (χ2n) is 4.80. The summed E-state index contributed by atoms with van der Waals surface area (Å²) < 4.78 is 5.38. The van der Waals surface area contributed by atoms with Gasteiger partial charge in [-0.05, 0) is 19.4 Å². The zero-order valence-electron chi connectivity index (χ0n) is 10.00. The summed E-state index contributed by atoms with van der Waals surface area (Å²) >= 11 is 0. The maximum Gasteiger partial charge on any atom is 0.227 e. The largest absolute Gasteiger partial charge is 0.379 e. The number of carbonyl (C=O) groups excluding carboxylic acids is 1. The van der Waals surface area contributed by atoms with Crippen LogP contribution in [0.15, 0.2) is 0 Å². The third-order valence-corrected chi connectivity index (χ3v) is 3.59. The van der Waals surface area contributed by atoms with Gasteiger partial charge in [-0.25, -0.2) is 0 Å². The van der Waals surface area contributed by atoms with E-state index in [0.29, 0.717) is 19.3 Å². The van der Waals surface area contributed by atoms with Crippen molar-refractivity contribution in [2.24, 2.45) is 5.92 Å². The number of amides is 1. The molecule has 2 atom stereocenters. The van der Waals surface area contributed by atoms with Gasteiger partial charge in [-0.1, -0.05) is 19.8 Å². The fraction of sp³-hybridized carbons (Fsp3) is 0.917. The number of rotatable bonds is 4. The first-order valence-corrected chi connectivity index (χ1v) is 6.42. The summed E-state index contributed by atoms with van der Waals surface area (Å²) in [4.78, 5) is 12.1. The van der Waals surface area contributed by atoms with Crippen molar-refractivity contribution in [3.8, 4) is 0 Å². The Morgan fingerprint density at radius 1 is 1.31 bits per heavy atom. The summed E-state index contributed by atoms with van der Waals surface area (Å²) in [7, 11) is 0. The second-order valence-corrected chi connectivity index (χ2v) is 4.80. The number of likely N-dealkylation sites (N-methyl/N-ethyl adjacent to an activating group) is 1. The molecule has 2 unspecified atom stereocenters. The summed E-state index contributed by atoms with van der Waals surface area (Å²) in [6.45, 7) is 4.18. The van der Waals surface area contributed by atoms with E-state index in [2.05, 4.69) is 17.6 Å². The van der Waals surface area contributed by atoms with Crippen LogP contribution in [0.5, 0.6) is 0 Å². The Labute approximate surface area is 97.1 Å². The molecule has 16 heavy (non-hydrogen) atoms. The lowest BCUT2D eigenvalue weighted by Crippen LogP contribution is -2.46. The molecule has 4 nitrogen and oxygen atoms in total. The first kappa shape index (κ1) is 11.9. The van der Waals surface area contributed by atoms with E-state index in [1.165, 1.54) is 12.8 Å². The van der Waals surface area contributed by atoms with Crippen LogP contribution in [0.3, 0.4) is 0 Å². The average molecular weight is 226 g/mol. The van der Waals surface area contributed by atoms with Gasteiger partial charge in [0.2, 0.25) is 5.91 Å². The zero-order chi connectivity index (χ0) is 11.4. The average Bonchev–Trinajstić information content (AvgIpc) is 2.89. The smallest absolute Gasteiger partial charge is 0.227 e. The number of hydrogen-bond acceptors (Lipinski definition) is 3. The van der Waals surface area contributed by atoms with E-state index in [4.69, 9.17) is 4.74 Å². The molecule has 1 aliphatic carbocycles. The molecule has 0 aromatic heterocycles. The van der Waals surface area contributed by atoms with Gasteiger partial charge >= 0.3 is 0 Å². The summed E-state index contributed by atoms with van der Waals surface area (Å²) in [5.41, 5.74) is 0. The summed E-state index contributed by atoms with van der Waals surface area (Å²) in [6.07, 6.45) is 4.79. The van der Waals surface area contributed by atoms with Crippen molar-refractivity contribution in [3.63, 3.8) is 0 Å². The Hall–Kier alpha value is -0.610. The normalized spacial score (nSPS) is 30.8. The van der Waals surface area contributed by atoms with Crippen molar-refractivity contribution in [3.05, 3.63) is 0 Å². The van der Waals surface area contributed by atoms with Crippen LogP contribution in [0.25, 0.3) is 0 Å². The highest BCUT2D eigenvalue weighted by molar-refractivity contribution is 5.80. The molecule has 1 amide bonds. The van der Waals surface area contributed by atoms with Crippen LogP contribution in [0.1, 0.15) is 32.6 Å². The highest BCUT2D eigenvalue weighted by atomic mass is 16.5. The standard InChI is InChI=1S/C12H22N2O2/c1-2-13-11-8-16-7-10(11)12(15)14-9-5-3-4-6-9/h9-11,13H,2-8H2,1H3,(H,14,15). The van der Waals surface area contributed by atoms with Crippen molar-refractivity contribution >= 4 is 5.91 Å². The maximum absolute atomic E-state index is 12.1. The molecule has 4 heteroatoms. The van der Waals surface area contributed by atoms with Crippen LogP contribution in [0, 0.1) is 5.92 Å². The highest BCUT2D eigenvalue weighted by Gasteiger charge is 2.34. The maximum atomic E-state index is 12.1. The van der Waals surface area contributed by atoms with E-state index in [0.717, 1.165) is 19.4 Å². The summed E-state index contributed by atoms with van der Waals surface area (Å²) in [6, 6.07) is 0.613. The van der Waals surface area contributed by atoms with Gasteiger partial charge in [0.1, 0.15) is 0 Å². The molecular formula is C12H22N2O2. The van der Waals surface area contributed by atoms with Crippen molar-refractivity contribution in [1.29, 1.82) is 0 Å². The number of carbonyl (C=O) groups is 1. The molecule has 0 radical (unpaired) electrons. The number of nitrogens with one attached hydrogen (secondary N) is 2. The fourth-order valence-corrected chi connectivity index (χ4v) is 2.65. The van der Waals surface area contributed by atoms with Gasteiger partial charge in [0.25, 0.3) is 0 Å². The molecule has 2 aliphatic rings. The monoisotopic (exact) mass is 226 g/mol. The molecule has 1 aliphatic heterocycles. The lowest BCUT2D eigenvalue weighted by atomic mass is 10.0. The predicted octanol–water partition coefficient (Wildman–Crippen LogP) is 0.670. The Morgan fingerprint density at radius 2 is 2.06 bits per heavy atom. The number of ether oxygens (including phenoxy) is 1. The van der Waals surface area contributed by atoms with Gasteiger partial charge in [-0.2, -0.15) is 0 Å². The molecule has 2 N–H and O–H groups in total. The van der Waals surface area contributed by atoms with E-state index >= 15 is 0 Å². The van der Waals surface area contributed by atoms with Gasteiger partial charge in [-0.3, -0.25) is 4.79 Å². The van der Waals surface area contributed by atoms with Crippen LogP contribution >= 0.6 is 0 Å². The van der Waals surface area contributed by atoms with E-state index in [9.17, 15) is 4.79 Å². The van der Waals surface area contributed by atoms with Crippen LogP contribution in [-0.2, 0) is 9.53 Å². The molecule has 0 aromatic rings. The molecule has 1 heterocycles. The van der Waals surface area contributed by atoms with Crippen LogP contribution in [0.4, 0.5) is 0 Å². The minimum atomic E-state index is 0.000509. The lowest BCUT2D eigenvalue weighted by Gasteiger charge is -2.20. The van der Waals surface area contributed by atoms with E-state index in [1.54, 1.807) is 0 Å². The van der Waals surface area contributed by atoms with Gasteiger partial charge in [0.05, 0.1) is 19.1 Å². The van der Waals surface area contributed by atoms with Crippen LogP contribution in [0.2, 0.25) is 0 Å². The topological polar surface area (TPSA) is 50.4 Å². The second kappa shape index (κ2) is 5.64. The molecule has 0 bridgehead atoms. The van der Waals surface area contributed by atoms with Crippen LogP contribution < -0.4 is 10.6 Å². The molecule has 2 fully saturated rings. The highest BCUT2D eigenvalue weighted by Crippen LogP contribution is 2.20. The molecule has 0 aromatic carbocycles. The Morgan fingerprint density at radius 3 is 2.75 bits per heavy atom. The first-order chi connectivity index (χ1) is 7.81. The Kier molecular flexibility index (Phi) is 4.18. The molecule has 92 valence electrons. The summed E-state index contributed by atoms with van der Waals surface area (Å²) in [5.74, 6) is 0.177. The Bertz CT molecular complexity index is 239. The quantitative estimate of drug-likeness (QED) is 0.741. The first-order valence-electron chi connectivity index (χ1n) is 6.42. The fourth-order valence-electron chi connectivity index (χ4n) is 2.65. The van der Waals surface area contributed by atoms with Crippen molar-refractivity contribution in [2.75, 3.05) is 19.8 Å². The molecule has 1 saturated carbocycles. The lowest BCUT2D eigenvalue weighted by molar-refractivity contribution is -0.126.